The summed E-state index contributed by atoms with van der Waals surface area (Å²) in [5.41, 5.74) is 0.997. The number of rotatable bonds is 2. The lowest BCUT2D eigenvalue weighted by molar-refractivity contribution is 0.174. The SMILES string of the molecule is CNC(=S)OCc1ccc2c(c1)OCO2. The fourth-order valence-electron chi connectivity index (χ4n) is 1.25. The van der Waals surface area contributed by atoms with Crippen LogP contribution in [-0.2, 0) is 11.3 Å². The second-order valence-electron chi connectivity index (χ2n) is 3.01. The summed E-state index contributed by atoms with van der Waals surface area (Å²) in [6.45, 7) is 0.713. The van der Waals surface area contributed by atoms with Crippen LogP contribution in [0.5, 0.6) is 11.5 Å². The summed E-state index contributed by atoms with van der Waals surface area (Å²) in [5.74, 6) is 1.53. The molecule has 0 aliphatic carbocycles. The molecule has 0 amide bonds. The molecular formula is C10H11NO3S. The molecular weight excluding hydrogens is 214 g/mol. The summed E-state index contributed by atoms with van der Waals surface area (Å²) < 4.78 is 15.7. The summed E-state index contributed by atoms with van der Waals surface area (Å²) in [7, 11) is 1.72. The van der Waals surface area contributed by atoms with E-state index in [0.29, 0.717) is 11.8 Å². The van der Waals surface area contributed by atoms with Gasteiger partial charge in [-0.25, -0.2) is 0 Å². The molecule has 0 saturated carbocycles. The van der Waals surface area contributed by atoms with Gasteiger partial charge in [-0.05, 0) is 29.9 Å². The van der Waals surface area contributed by atoms with Crippen molar-refractivity contribution in [2.45, 2.75) is 6.61 Å². The van der Waals surface area contributed by atoms with Crippen LogP contribution >= 0.6 is 12.2 Å². The molecule has 2 rings (SSSR count). The second-order valence-corrected chi connectivity index (χ2v) is 3.38. The van der Waals surface area contributed by atoms with Crippen molar-refractivity contribution < 1.29 is 14.2 Å². The Bertz CT molecular complexity index is 381. The molecule has 0 unspecified atom stereocenters. The number of hydrogen-bond acceptors (Lipinski definition) is 4. The lowest BCUT2D eigenvalue weighted by Gasteiger charge is -2.06. The van der Waals surface area contributed by atoms with Crippen molar-refractivity contribution in [3.63, 3.8) is 0 Å². The molecule has 1 aliphatic heterocycles. The highest BCUT2D eigenvalue weighted by atomic mass is 32.1. The molecule has 1 aromatic rings. The van der Waals surface area contributed by atoms with Gasteiger partial charge in [0.25, 0.3) is 5.17 Å². The van der Waals surface area contributed by atoms with Crippen LogP contribution in [0.25, 0.3) is 0 Å². The van der Waals surface area contributed by atoms with E-state index in [9.17, 15) is 0 Å². The van der Waals surface area contributed by atoms with E-state index in [0.717, 1.165) is 17.1 Å². The van der Waals surface area contributed by atoms with Crippen molar-refractivity contribution in [3.05, 3.63) is 23.8 Å². The quantitative estimate of drug-likeness (QED) is 0.771. The summed E-state index contributed by atoms with van der Waals surface area (Å²) in [6.07, 6.45) is 0. The number of fused-ring (bicyclic) bond motifs is 1. The third-order valence-electron chi connectivity index (χ3n) is 2.01. The minimum absolute atomic E-state index is 0.286. The van der Waals surface area contributed by atoms with Crippen molar-refractivity contribution in [3.8, 4) is 11.5 Å². The van der Waals surface area contributed by atoms with E-state index in [1.807, 2.05) is 18.2 Å². The topological polar surface area (TPSA) is 39.7 Å². The van der Waals surface area contributed by atoms with Gasteiger partial charge in [-0.2, -0.15) is 0 Å². The van der Waals surface area contributed by atoms with Gasteiger partial charge in [-0.15, -0.1) is 0 Å². The van der Waals surface area contributed by atoms with Gasteiger partial charge in [-0.3, -0.25) is 0 Å². The third kappa shape index (κ3) is 2.30. The molecule has 0 bridgehead atoms. The molecule has 1 heterocycles. The minimum Gasteiger partial charge on any atom is -0.466 e. The lowest BCUT2D eigenvalue weighted by atomic mass is 10.2. The van der Waals surface area contributed by atoms with Gasteiger partial charge in [0.2, 0.25) is 6.79 Å². The predicted octanol–water partition coefficient (Wildman–Crippen LogP) is 1.44. The maximum atomic E-state index is 5.26. The lowest BCUT2D eigenvalue weighted by Crippen LogP contribution is -2.18. The van der Waals surface area contributed by atoms with Gasteiger partial charge in [0.15, 0.2) is 11.5 Å². The largest absolute Gasteiger partial charge is 0.466 e. The van der Waals surface area contributed by atoms with Crippen LogP contribution in [0.15, 0.2) is 18.2 Å². The average molecular weight is 225 g/mol. The van der Waals surface area contributed by atoms with E-state index in [-0.39, 0.29) is 6.79 Å². The highest BCUT2D eigenvalue weighted by molar-refractivity contribution is 7.80. The van der Waals surface area contributed by atoms with Crippen LogP contribution < -0.4 is 14.8 Å². The highest BCUT2D eigenvalue weighted by Crippen LogP contribution is 2.32. The van der Waals surface area contributed by atoms with Gasteiger partial charge in [0, 0.05) is 7.05 Å². The van der Waals surface area contributed by atoms with E-state index in [1.165, 1.54) is 0 Å². The van der Waals surface area contributed by atoms with Crippen LogP contribution in [0, 0.1) is 0 Å². The Morgan fingerprint density at radius 1 is 1.47 bits per heavy atom. The molecule has 0 fully saturated rings. The fourth-order valence-corrected chi connectivity index (χ4v) is 1.31. The van der Waals surface area contributed by atoms with Gasteiger partial charge < -0.3 is 19.5 Å². The van der Waals surface area contributed by atoms with Crippen molar-refractivity contribution in [1.29, 1.82) is 0 Å². The molecule has 15 heavy (non-hydrogen) atoms. The van der Waals surface area contributed by atoms with Crippen molar-refractivity contribution in [2.24, 2.45) is 0 Å². The standard InChI is InChI=1S/C10H11NO3S/c1-11-10(15)12-5-7-2-3-8-9(4-7)14-6-13-8/h2-4H,5-6H2,1H3,(H,11,15). The Kier molecular flexibility index (Phi) is 2.91. The normalized spacial score (nSPS) is 12.3. The van der Waals surface area contributed by atoms with E-state index in [4.69, 9.17) is 26.4 Å². The van der Waals surface area contributed by atoms with Crippen LogP contribution in [-0.4, -0.2) is 19.0 Å². The van der Waals surface area contributed by atoms with Gasteiger partial charge in [-0.1, -0.05) is 6.07 Å². The third-order valence-corrected chi connectivity index (χ3v) is 2.33. The summed E-state index contributed by atoms with van der Waals surface area (Å²) >= 11 is 4.86. The van der Waals surface area contributed by atoms with Gasteiger partial charge in [0.05, 0.1) is 0 Å². The molecule has 0 spiro atoms. The molecule has 1 N–H and O–H groups in total. The Hall–Kier alpha value is -1.49. The van der Waals surface area contributed by atoms with Gasteiger partial charge >= 0.3 is 0 Å². The maximum Gasteiger partial charge on any atom is 0.256 e. The van der Waals surface area contributed by atoms with Crippen molar-refractivity contribution >= 4 is 17.4 Å². The van der Waals surface area contributed by atoms with Crippen LogP contribution in [0.3, 0.4) is 0 Å². The molecule has 0 atom stereocenters. The first kappa shape index (κ1) is 10.0. The monoisotopic (exact) mass is 225 g/mol. The smallest absolute Gasteiger partial charge is 0.256 e. The van der Waals surface area contributed by atoms with E-state index < -0.39 is 0 Å². The fraction of sp³-hybridized carbons (Fsp3) is 0.300. The maximum absolute atomic E-state index is 5.26. The van der Waals surface area contributed by atoms with Crippen LogP contribution in [0.1, 0.15) is 5.56 Å². The summed E-state index contributed by atoms with van der Waals surface area (Å²) in [5, 5.41) is 3.12. The molecule has 1 aliphatic rings. The summed E-state index contributed by atoms with van der Waals surface area (Å²) in [6, 6.07) is 5.68. The number of ether oxygens (including phenoxy) is 3. The Balaban J connectivity index is 2.01. The zero-order chi connectivity index (χ0) is 10.7. The second kappa shape index (κ2) is 4.35. The predicted molar refractivity (Wildman–Crippen MR) is 59.0 cm³/mol. The average Bonchev–Trinajstić information content (AvgIpc) is 2.72. The number of thiocarbonyl (C=S) groups is 1. The van der Waals surface area contributed by atoms with Crippen LogP contribution in [0.2, 0.25) is 0 Å². The number of nitrogens with one attached hydrogen (secondary N) is 1. The minimum atomic E-state index is 0.286. The molecule has 1 aromatic carbocycles. The highest BCUT2D eigenvalue weighted by Gasteiger charge is 2.13. The number of benzene rings is 1. The summed E-state index contributed by atoms with van der Waals surface area (Å²) in [4.78, 5) is 0. The molecule has 4 nitrogen and oxygen atoms in total. The Morgan fingerprint density at radius 3 is 3.07 bits per heavy atom. The molecule has 80 valence electrons. The Labute approximate surface area is 93.1 Å². The van der Waals surface area contributed by atoms with Gasteiger partial charge in [0.1, 0.15) is 6.61 Å². The zero-order valence-corrected chi connectivity index (χ0v) is 9.10. The molecule has 0 saturated heterocycles. The van der Waals surface area contributed by atoms with E-state index in [2.05, 4.69) is 5.32 Å². The van der Waals surface area contributed by atoms with Crippen LogP contribution in [0.4, 0.5) is 0 Å². The Morgan fingerprint density at radius 2 is 2.27 bits per heavy atom. The van der Waals surface area contributed by atoms with Crippen molar-refractivity contribution in [2.75, 3.05) is 13.8 Å². The first-order valence-electron chi connectivity index (χ1n) is 4.52. The van der Waals surface area contributed by atoms with E-state index >= 15 is 0 Å². The first-order chi connectivity index (χ1) is 7.29. The zero-order valence-electron chi connectivity index (χ0n) is 8.28. The van der Waals surface area contributed by atoms with Crippen molar-refractivity contribution in [1.82, 2.24) is 5.32 Å². The van der Waals surface area contributed by atoms with E-state index in [1.54, 1.807) is 7.05 Å². The molecule has 5 heteroatoms. The molecule has 0 radical (unpaired) electrons. The molecule has 0 aromatic heterocycles. The first-order valence-corrected chi connectivity index (χ1v) is 4.93. The number of hydrogen-bond donors (Lipinski definition) is 1.